The lowest BCUT2D eigenvalue weighted by Gasteiger charge is -2.33. The van der Waals surface area contributed by atoms with Gasteiger partial charge in [-0.3, -0.25) is 4.90 Å². The predicted octanol–water partition coefficient (Wildman–Crippen LogP) is 2.42. The van der Waals surface area contributed by atoms with Gasteiger partial charge in [0.05, 0.1) is 38.2 Å². The van der Waals surface area contributed by atoms with E-state index in [4.69, 9.17) is 14.2 Å². The van der Waals surface area contributed by atoms with E-state index in [9.17, 15) is 13.2 Å². The maximum absolute atomic E-state index is 12.9. The molecule has 0 spiro atoms. The molecule has 2 fully saturated rings. The summed E-state index contributed by atoms with van der Waals surface area (Å²) >= 11 is 0. The van der Waals surface area contributed by atoms with E-state index in [0.29, 0.717) is 31.2 Å². The number of hydrogen-bond donors (Lipinski definition) is 1. The van der Waals surface area contributed by atoms with Crippen LogP contribution in [0.15, 0.2) is 18.2 Å². The molecule has 1 aromatic rings. The third-order valence-corrected chi connectivity index (χ3v) is 7.30. The first-order valence-electron chi connectivity index (χ1n) is 11.4. The Morgan fingerprint density at radius 2 is 1.88 bits per heavy atom. The molecular weight excluding hydrogens is 434 g/mol. The molecule has 1 saturated heterocycles. The molecule has 3 atom stereocenters. The van der Waals surface area contributed by atoms with Gasteiger partial charge in [0.25, 0.3) is 0 Å². The van der Waals surface area contributed by atoms with Gasteiger partial charge in [0, 0.05) is 36.2 Å². The fraction of sp³-hybridized carbons (Fsp3) is 0.727. The Labute approximate surface area is 189 Å². The first-order chi connectivity index (χ1) is 15.3. The van der Waals surface area contributed by atoms with Gasteiger partial charge in [-0.25, -0.2) is 22.9 Å². The molecule has 32 heavy (non-hydrogen) atoms. The normalized spacial score (nSPS) is 32.0. The van der Waals surface area contributed by atoms with E-state index in [-0.39, 0.29) is 25.4 Å². The highest BCUT2D eigenvalue weighted by molar-refractivity contribution is 7.88. The van der Waals surface area contributed by atoms with Gasteiger partial charge in [-0.05, 0) is 45.1 Å². The highest BCUT2D eigenvalue weighted by Crippen LogP contribution is 2.35. The summed E-state index contributed by atoms with van der Waals surface area (Å²) in [6, 6.07) is 4.90. The maximum Gasteiger partial charge on any atom is 0.410 e. The zero-order valence-electron chi connectivity index (χ0n) is 18.7. The van der Waals surface area contributed by atoms with E-state index in [0.717, 1.165) is 37.6 Å². The number of carbonyl (C=O) groups is 1. The molecule has 10 heteroatoms. The fourth-order valence-corrected chi connectivity index (χ4v) is 5.84. The molecule has 0 unspecified atom stereocenters. The van der Waals surface area contributed by atoms with Crippen molar-refractivity contribution in [3.05, 3.63) is 23.9 Å². The molecule has 4 bridgehead atoms. The van der Waals surface area contributed by atoms with Crippen molar-refractivity contribution < 1.29 is 27.4 Å². The summed E-state index contributed by atoms with van der Waals surface area (Å²) < 4.78 is 44.0. The van der Waals surface area contributed by atoms with E-state index in [2.05, 4.69) is 9.71 Å². The summed E-state index contributed by atoms with van der Waals surface area (Å²) in [6.45, 7) is 2.80. The summed E-state index contributed by atoms with van der Waals surface area (Å²) in [5.74, 6) is 0.973. The predicted molar refractivity (Wildman–Crippen MR) is 118 cm³/mol. The average molecular weight is 468 g/mol. The number of ether oxygens (including phenoxy) is 3. The summed E-state index contributed by atoms with van der Waals surface area (Å²) in [5, 5.41) is 0. The van der Waals surface area contributed by atoms with Gasteiger partial charge < -0.3 is 14.2 Å². The van der Waals surface area contributed by atoms with Crippen LogP contribution < -0.4 is 9.46 Å². The van der Waals surface area contributed by atoms with Crippen molar-refractivity contribution >= 4 is 16.1 Å². The Hall–Kier alpha value is -1.91. The number of carbonyl (C=O) groups excluding carboxylic acids is 1. The zero-order valence-corrected chi connectivity index (χ0v) is 19.6. The monoisotopic (exact) mass is 467 g/mol. The van der Waals surface area contributed by atoms with Gasteiger partial charge in [0.1, 0.15) is 0 Å². The minimum Gasteiger partial charge on any atom is -0.478 e. The second-order valence-corrected chi connectivity index (χ2v) is 10.9. The van der Waals surface area contributed by atoms with Crippen molar-refractivity contribution in [2.24, 2.45) is 0 Å². The molecule has 1 amide bonds. The molecule has 4 aliphatic rings. The first-order valence-corrected chi connectivity index (χ1v) is 13.3. The van der Waals surface area contributed by atoms with E-state index >= 15 is 0 Å². The van der Waals surface area contributed by atoms with Gasteiger partial charge in [-0.1, -0.05) is 6.07 Å². The van der Waals surface area contributed by atoms with Crippen molar-refractivity contribution in [3.63, 3.8) is 0 Å². The Morgan fingerprint density at radius 1 is 1.12 bits per heavy atom. The van der Waals surface area contributed by atoms with Crippen molar-refractivity contribution in [3.8, 4) is 5.88 Å². The number of rotatable bonds is 2. The van der Waals surface area contributed by atoms with Gasteiger partial charge >= 0.3 is 6.09 Å². The van der Waals surface area contributed by atoms with E-state index < -0.39 is 28.2 Å². The van der Waals surface area contributed by atoms with Crippen LogP contribution in [0.2, 0.25) is 0 Å². The molecule has 9 nitrogen and oxygen atoms in total. The third kappa shape index (κ3) is 5.71. The number of hydrogen-bond acceptors (Lipinski definition) is 7. The number of pyridine rings is 1. The number of sulfonamides is 1. The molecular formula is C22H33N3O6S. The Kier molecular flexibility index (Phi) is 7.21. The van der Waals surface area contributed by atoms with Crippen molar-refractivity contribution in [1.82, 2.24) is 14.6 Å². The van der Waals surface area contributed by atoms with Crippen molar-refractivity contribution in [2.75, 3.05) is 26.1 Å². The third-order valence-electron chi connectivity index (χ3n) is 6.57. The smallest absolute Gasteiger partial charge is 0.410 e. The maximum atomic E-state index is 12.9. The quantitative estimate of drug-likeness (QED) is 0.712. The zero-order chi connectivity index (χ0) is 22.7. The van der Waals surface area contributed by atoms with Crippen LogP contribution in [0, 0.1) is 0 Å². The molecule has 4 heterocycles. The number of fused-ring (bicyclic) bond motifs is 8. The Morgan fingerprint density at radius 3 is 2.62 bits per heavy atom. The van der Waals surface area contributed by atoms with Crippen LogP contribution in [0.1, 0.15) is 57.1 Å². The number of amides is 1. The minimum absolute atomic E-state index is 0.0778. The Balaban J connectivity index is 1.51. The topological polar surface area (TPSA) is 107 Å². The van der Waals surface area contributed by atoms with Crippen molar-refractivity contribution in [2.45, 2.75) is 75.6 Å². The van der Waals surface area contributed by atoms with Gasteiger partial charge in [0.15, 0.2) is 0 Å². The van der Waals surface area contributed by atoms with E-state index in [1.165, 1.54) is 0 Å². The van der Waals surface area contributed by atoms with Crippen LogP contribution in [0.5, 0.6) is 5.88 Å². The van der Waals surface area contributed by atoms with Crippen LogP contribution in [0.3, 0.4) is 0 Å². The Bertz CT molecular complexity index is 903. The largest absolute Gasteiger partial charge is 0.478 e. The second-order valence-electron chi connectivity index (χ2n) is 9.08. The molecule has 5 rings (SSSR count). The molecule has 1 aliphatic carbocycles. The minimum atomic E-state index is -3.42. The highest BCUT2D eigenvalue weighted by Gasteiger charge is 2.44. The first kappa shape index (κ1) is 23.3. The van der Waals surface area contributed by atoms with Crippen LogP contribution in [0.4, 0.5) is 4.79 Å². The molecule has 0 aromatic carbocycles. The molecule has 3 aliphatic heterocycles. The molecule has 1 N–H and O–H groups in total. The lowest BCUT2D eigenvalue weighted by Crippen LogP contribution is -2.50. The highest BCUT2D eigenvalue weighted by atomic mass is 32.2. The number of aromatic nitrogens is 1. The van der Waals surface area contributed by atoms with Gasteiger partial charge in [-0.15, -0.1) is 0 Å². The van der Waals surface area contributed by atoms with Gasteiger partial charge in [0.2, 0.25) is 15.9 Å². The lowest BCUT2D eigenvalue weighted by molar-refractivity contribution is -0.0107. The summed E-state index contributed by atoms with van der Waals surface area (Å²) in [6.07, 6.45) is 5.57. The molecule has 178 valence electrons. The fourth-order valence-electron chi connectivity index (χ4n) is 5.04. The second kappa shape index (κ2) is 9.93. The summed E-state index contributed by atoms with van der Waals surface area (Å²) in [4.78, 5) is 19.2. The summed E-state index contributed by atoms with van der Waals surface area (Å²) in [7, 11) is -3.42. The number of nitrogens with one attached hydrogen (secondary N) is 1. The molecule has 1 aromatic heterocycles. The average Bonchev–Trinajstić information content (AvgIpc) is 3.05. The van der Waals surface area contributed by atoms with Crippen LogP contribution in [0.25, 0.3) is 0 Å². The van der Waals surface area contributed by atoms with Crippen LogP contribution in [-0.4, -0.2) is 74.7 Å². The van der Waals surface area contributed by atoms with Gasteiger partial charge in [-0.2, -0.15) is 0 Å². The SMILES string of the molecule is C[C@@H]1C[C@H](NS(C)(=O)=O)[C@@H]2COC3CCC(CC3)c3cccc(n3)OCCCOC(=O)N12. The standard InChI is InChI=1S/C22H33N3O6S/c1-15-13-19(24-32(2,27)28)20-14-31-17-9-7-16(8-10-17)18-5-3-6-21(23-18)29-11-4-12-30-22(26)25(15)20/h3,5-6,15-17,19-20,24H,4,7-14H2,1-2H3/t15-,16?,17?,19+,20+/m1/s1. The van der Waals surface area contributed by atoms with E-state index in [1.54, 1.807) is 4.90 Å². The number of nitrogens with zero attached hydrogens (tertiary/aromatic N) is 2. The van der Waals surface area contributed by atoms with Crippen molar-refractivity contribution in [1.29, 1.82) is 0 Å². The lowest BCUT2D eigenvalue weighted by atomic mass is 9.85. The van der Waals surface area contributed by atoms with Crippen LogP contribution >= 0.6 is 0 Å². The van der Waals surface area contributed by atoms with Crippen LogP contribution in [-0.2, 0) is 19.5 Å². The van der Waals surface area contributed by atoms with E-state index in [1.807, 2.05) is 25.1 Å². The molecule has 0 radical (unpaired) electrons. The summed E-state index contributed by atoms with van der Waals surface area (Å²) in [5.41, 5.74) is 1.05. The molecule has 1 saturated carbocycles.